The second-order valence-electron chi connectivity index (χ2n) is 8.67. The maximum absolute atomic E-state index is 13.6. The van der Waals surface area contributed by atoms with Gasteiger partial charge in [0.05, 0.1) is 36.1 Å². The second kappa shape index (κ2) is 9.10. The largest absolute Gasteiger partial charge is 0.503 e. The number of methoxy groups -OCH3 is 2. The first-order chi connectivity index (χ1) is 16.5. The van der Waals surface area contributed by atoms with Gasteiger partial charge in [-0.25, -0.2) is 4.98 Å². The van der Waals surface area contributed by atoms with Crippen LogP contribution in [0.2, 0.25) is 0 Å². The zero-order chi connectivity index (χ0) is 23.8. The van der Waals surface area contributed by atoms with Gasteiger partial charge in [-0.3, -0.25) is 14.5 Å². The molecular weight excluding hydrogens is 452 g/mol. The summed E-state index contributed by atoms with van der Waals surface area (Å²) >= 11 is 1.36. The molecule has 1 atom stereocenters. The highest BCUT2D eigenvalue weighted by Crippen LogP contribution is 2.43. The van der Waals surface area contributed by atoms with Gasteiger partial charge in [0, 0.05) is 5.56 Å². The Labute approximate surface area is 201 Å². The lowest BCUT2D eigenvalue weighted by Crippen LogP contribution is -2.42. The number of aliphatic hydroxyl groups is 1. The molecule has 3 aromatic rings. The van der Waals surface area contributed by atoms with Crippen molar-refractivity contribution in [3.63, 3.8) is 0 Å². The Hall–Kier alpha value is -3.39. The zero-order valence-electron chi connectivity index (χ0n) is 19.1. The fraction of sp³-hybridized carbons (Fsp3) is 0.346. The normalized spacial score (nSPS) is 19.2. The highest BCUT2D eigenvalue weighted by molar-refractivity contribution is 7.22. The molecule has 0 bridgehead atoms. The summed E-state index contributed by atoms with van der Waals surface area (Å²) in [4.78, 5) is 33.2. The highest BCUT2D eigenvalue weighted by atomic mass is 32.1. The summed E-state index contributed by atoms with van der Waals surface area (Å²) in [5.41, 5.74) is 1.32. The van der Waals surface area contributed by atoms with E-state index in [0.717, 1.165) is 42.3 Å². The Balaban J connectivity index is 1.58. The molecule has 2 aromatic carbocycles. The van der Waals surface area contributed by atoms with Crippen LogP contribution in [0.25, 0.3) is 10.2 Å². The number of rotatable bonds is 6. The number of hydrogen-bond donors (Lipinski definition) is 1. The van der Waals surface area contributed by atoms with Crippen LogP contribution >= 0.6 is 11.3 Å². The van der Waals surface area contributed by atoms with Crippen LogP contribution in [0.5, 0.6) is 11.5 Å². The van der Waals surface area contributed by atoms with E-state index in [-0.39, 0.29) is 17.3 Å². The maximum atomic E-state index is 13.6. The minimum Gasteiger partial charge on any atom is -0.503 e. The topological polar surface area (TPSA) is 89.0 Å². The number of Topliss-reactive ketones (excluding diaryl/α,β-unsaturated/α-hetero) is 1. The molecule has 0 radical (unpaired) electrons. The van der Waals surface area contributed by atoms with Gasteiger partial charge >= 0.3 is 0 Å². The average molecular weight is 479 g/mol. The molecule has 7 nitrogen and oxygen atoms in total. The van der Waals surface area contributed by atoms with Crippen molar-refractivity contribution < 1.29 is 24.2 Å². The van der Waals surface area contributed by atoms with Crippen molar-refractivity contribution >= 4 is 38.4 Å². The smallest absolute Gasteiger partial charge is 0.296 e. The van der Waals surface area contributed by atoms with E-state index in [1.54, 1.807) is 43.4 Å². The van der Waals surface area contributed by atoms with Crippen LogP contribution in [0.15, 0.2) is 53.8 Å². The molecule has 34 heavy (non-hydrogen) atoms. The van der Waals surface area contributed by atoms with Crippen LogP contribution in [0.1, 0.15) is 42.5 Å². The first-order valence-electron chi connectivity index (χ1n) is 11.4. The molecule has 1 aromatic heterocycles. The van der Waals surface area contributed by atoms with Gasteiger partial charge in [0.2, 0.25) is 0 Å². The van der Waals surface area contributed by atoms with E-state index >= 15 is 0 Å². The number of carbonyl (C=O) groups is 2. The Morgan fingerprint density at radius 1 is 1.03 bits per heavy atom. The quantitative estimate of drug-likeness (QED) is 0.484. The first kappa shape index (κ1) is 22.4. The van der Waals surface area contributed by atoms with Crippen LogP contribution in [-0.2, 0) is 4.79 Å². The van der Waals surface area contributed by atoms with Gasteiger partial charge in [0.25, 0.3) is 5.91 Å². The van der Waals surface area contributed by atoms with E-state index in [0.29, 0.717) is 22.2 Å². The SMILES string of the molecule is COc1ccc(C(=O)C2=C(O)C(=O)N(c3nc4ccc(OC)cc4s3)C2C2CCCCC2)cc1. The molecule has 5 rings (SSSR count). The molecule has 1 unspecified atom stereocenters. The maximum Gasteiger partial charge on any atom is 0.296 e. The van der Waals surface area contributed by atoms with Crippen molar-refractivity contribution in [1.29, 1.82) is 0 Å². The zero-order valence-corrected chi connectivity index (χ0v) is 19.9. The number of aliphatic hydroxyl groups excluding tert-OH is 1. The van der Waals surface area contributed by atoms with E-state index in [2.05, 4.69) is 0 Å². The summed E-state index contributed by atoms with van der Waals surface area (Å²) in [6.07, 6.45) is 4.98. The van der Waals surface area contributed by atoms with Gasteiger partial charge in [-0.1, -0.05) is 30.6 Å². The third-order valence-electron chi connectivity index (χ3n) is 6.73. The molecule has 1 saturated carbocycles. The van der Waals surface area contributed by atoms with Gasteiger partial charge in [0.1, 0.15) is 11.5 Å². The van der Waals surface area contributed by atoms with Crippen molar-refractivity contribution in [2.45, 2.75) is 38.1 Å². The number of ketones is 1. The number of ether oxygens (including phenoxy) is 2. The lowest BCUT2D eigenvalue weighted by molar-refractivity contribution is -0.117. The van der Waals surface area contributed by atoms with Crippen LogP contribution in [0, 0.1) is 5.92 Å². The molecule has 0 saturated heterocycles. The minimum absolute atomic E-state index is 0.0705. The fourth-order valence-corrected chi connectivity index (χ4v) is 6.02. The third kappa shape index (κ3) is 3.81. The molecule has 1 N–H and O–H groups in total. The molecule has 2 heterocycles. The Bertz CT molecular complexity index is 1270. The fourth-order valence-electron chi connectivity index (χ4n) is 4.99. The van der Waals surface area contributed by atoms with Gasteiger partial charge in [-0.15, -0.1) is 0 Å². The number of carbonyl (C=O) groups excluding carboxylic acids is 2. The first-order valence-corrected chi connectivity index (χ1v) is 12.2. The average Bonchev–Trinajstić information content (AvgIpc) is 3.41. The lowest BCUT2D eigenvalue weighted by atomic mass is 9.79. The molecule has 1 amide bonds. The van der Waals surface area contributed by atoms with Crippen molar-refractivity contribution in [1.82, 2.24) is 4.98 Å². The number of hydrogen-bond acceptors (Lipinski definition) is 7. The number of amides is 1. The number of anilines is 1. The standard InChI is InChI=1S/C26H26N2O5S/c1-32-17-10-8-16(9-11-17)23(29)21-22(15-6-4-3-5-7-15)28(25(31)24(21)30)26-27-19-13-12-18(33-2)14-20(19)34-26/h8-15,22,30H,3-7H2,1-2H3. The second-order valence-corrected chi connectivity index (χ2v) is 9.68. The molecule has 176 valence electrons. The predicted octanol–water partition coefficient (Wildman–Crippen LogP) is 5.30. The summed E-state index contributed by atoms with van der Waals surface area (Å²) in [5, 5.41) is 11.5. The predicted molar refractivity (Wildman–Crippen MR) is 131 cm³/mol. The number of nitrogens with zero attached hydrogens (tertiary/aromatic N) is 2. The van der Waals surface area contributed by atoms with E-state index in [1.807, 2.05) is 18.2 Å². The summed E-state index contributed by atoms with van der Waals surface area (Å²) < 4.78 is 11.4. The van der Waals surface area contributed by atoms with Gasteiger partial charge in [-0.05, 0) is 61.2 Å². The number of fused-ring (bicyclic) bond motifs is 1. The third-order valence-corrected chi connectivity index (χ3v) is 7.75. The van der Waals surface area contributed by atoms with Crippen molar-refractivity contribution in [2.24, 2.45) is 5.92 Å². The highest BCUT2D eigenvalue weighted by Gasteiger charge is 2.48. The van der Waals surface area contributed by atoms with E-state index in [1.165, 1.54) is 11.3 Å². The van der Waals surface area contributed by atoms with Crippen LogP contribution < -0.4 is 14.4 Å². The molecule has 1 aliphatic heterocycles. The van der Waals surface area contributed by atoms with Crippen LogP contribution in [-0.4, -0.2) is 42.0 Å². The Morgan fingerprint density at radius 2 is 1.71 bits per heavy atom. The molecule has 1 aliphatic carbocycles. The summed E-state index contributed by atoms with van der Waals surface area (Å²) in [6.45, 7) is 0. The van der Waals surface area contributed by atoms with E-state index in [4.69, 9.17) is 14.5 Å². The van der Waals surface area contributed by atoms with Crippen molar-refractivity contribution in [3.05, 3.63) is 59.4 Å². The van der Waals surface area contributed by atoms with Crippen LogP contribution in [0.3, 0.4) is 0 Å². The molecule has 0 spiro atoms. The summed E-state index contributed by atoms with van der Waals surface area (Å²) in [6, 6.07) is 11.7. The Morgan fingerprint density at radius 3 is 2.38 bits per heavy atom. The van der Waals surface area contributed by atoms with Crippen molar-refractivity contribution in [2.75, 3.05) is 19.1 Å². The molecular formula is C26H26N2O5S. The monoisotopic (exact) mass is 478 g/mol. The van der Waals surface area contributed by atoms with E-state index < -0.39 is 17.7 Å². The number of benzene rings is 2. The van der Waals surface area contributed by atoms with Gasteiger partial charge in [-0.2, -0.15) is 0 Å². The van der Waals surface area contributed by atoms with Gasteiger partial charge in [0.15, 0.2) is 16.7 Å². The number of thiazole rings is 1. The minimum atomic E-state index is -0.571. The van der Waals surface area contributed by atoms with Crippen molar-refractivity contribution in [3.8, 4) is 11.5 Å². The molecule has 1 fully saturated rings. The molecule has 8 heteroatoms. The Kier molecular flexibility index (Phi) is 6.00. The van der Waals surface area contributed by atoms with E-state index in [9.17, 15) is 14.7 Å². The number of aromatic nitrogens is 1. The van der Waals surface area contributed by atoms with Crippen LogP contribution in [0.4, 0.5) is 5.13 Å². The lowest BCUT2D eigenvalue weighted by Gasteiger charge is -2.33. The summed E-state index contributed by atoms with van der Waals surface area (Å²) in [5.74, 6) is 0.0189. The molecule has 2 aliphatic rings. The summed E-state index contributed by atoms with van der Waals surface area (Å²) in [7, 11) is 3.16. The van der Waals surface area contributed by atoms with Gasteiger partial charge < -0.3 is 14.6 Å².